The number of ether oxygens (including phenoxy) is 2. The lowest BCUT2D eigenvalue weighted by atomic mass is 9.80. The molecule has 1 aromatic rings. The first kappa shape index (κ1) is 29.4. The molecule has 1 aliphatic rings. The molecule has 2 rings (SSSR count). The molecular formula is C24H31Cl2N3O4S2. The first-order chi connectivity index (χ1) is 16.8. The molecule has 1 aliphatic heterocycles. The fraction of sp³-hybridized carbons (Fsp3) is 0.458. The average Bonchev–Trinajstić information content (AvgIpc) is 2.80. The van der Waals surface area contributed by atoms with Crippen LogP contribution in [0.25, 0.3) is 0 Å². The summed E-state index contributed by atoms with van der Waals surface area (Å²) in [6.07, 6.45) is 0. The fourth-order valence-electron chi connectivity index (χ4n) is 3.58. The van der Waals surface area contributed by atoms with Gasteiger partial charge in [-0.2, -0.15) is 11.8 Å². The van der Waals surface area contributed by atoms with Gasteiger partial charge in [-0.25, -0.2) is 9.59 Å². The SMILES string of the molecule is CCOC(=O)C1=C(C)NC(CSCCN=C(N)SCC)=C(C(=O)OCC)C1c1cccc(Cl)c1Cl. The Morgan fingerprint density at radius 2 is 1.77 bits per heavy atom. The molecule has 35 heavy (non-hydrogen) atoms. The largest absolute Gasteiger partial charge is 0.463 e. The second kappa shape index (κ2) is 14.7. The third-order valence-electron chi connectivity index (χ3n) is 4.97. The van der Waals surface area contributed by atoms with Crippen molar-refractivity contribution >= 4 is 63.8 Å². The van der Waals surface area contributed by atoms with Gasteiger partial charge in [0.15, 0.2) is 5.17 Å². The van der Waals surface area contributed by atoms with Crippen molar-refractivity contribution in [3.63, 3.8) is 0 Å². The Hall–Kier alpha value is -1.81. The van der Waals surface area contributed by atoms with Crippen LogP contribution < -0.4 is 11.1 Å². The van der Waals surface area contributed by atoms with E-state index >= 15 is 0 Å². The van der Waals surface area contributed by atoms with E-state index < -0.39 is 17.9 Å². The van der Waals surface area contributed by atoms with E-state index in [1.165, 1.54) is 11.8 Å². The van der Waals surface area contributed by atoms with E-state index in [1.807, 2.05) is 6.92 Å². The zero-order valence-corrected chi connectivity index (χ0v) is 23.4. The minimum Gasteiger partial charge on any atom is -0.463 e. The number of carbonyl (C=O) groups excluding carboxylic acids is 2. The van der Waals surface area contributed by atoms with Gasteiger partial charge >= 0.3 is 11.9 Å². The van der Waals surface area contributed by atoms with Crippen LogP contribution >= 0.6 is 46.7 Å². The van der Waals surface area contributed by atoms with Crippen molar-refractivity contribution < 1.29 is 19.1 Å². The van der Waals surface area contributed by atoms with Crippen LogP contribution in [0.5, 0.6) is 0 Å². The smallest absolute Gasteiger partial charge is 0.336 e. The van der Waals surface area contributed by atoms with Crippen molar-refractivity contribution in [2.75, 3.05) is 37.0 Å². The highest BCUT2D eigenvalue weighted by Crippen LogP contribution is 2.44. The number of hydrogen-bond acceptors (Lipinski definition) is 8. The molecule has 0 radical (unpaired) electrons. The number of hydrogen-bond donors (Lipinski definition) is 2. The molecule has 1 heterocycles. The third kappa shape index (κ3) is 7.84. The van der Waals surface area contributed by atoms with Crippen molar-refractivity contribution in [2.45, 2.75) is 33.6 Å². The maximum Gasteiger partial charge on any atom is 0.336 e. The van der Waals surface area contributed by atoms with Gasteiger partial charge in [-0.3, -0.25) is 4.99 Å². The number of nitrogens with one attached hydrogen (secondary N) is 1. The number of esters is 2. The summed E-state index contributed by atoms with van der Waals surface area (Å²) in [6.45, 7) is 8.17. The Labute approximate surface area is 225 Å². The number of aliphatic imine (C=N–C) groups is 1. The Bertz CT molecular complexity index is 1030. The molecule has 0 amide bonds. The highest BCUT2D eigenvalue weighted by atomic mass is 35.5. The topological polar surface area (TPSA) is 103 Å². The maximum absolute atomic E-state index is 13.2. The lowest BCUT2D eigenvalue weighted by molar-refractivity contribution is -0.139. The van der Waals surface area contributed by atoms with Crippen molar-refractivity contribution in [1.29, 1.82) is 0 Å². The third-order valence-corrected chi connectivity index (χ3v) is 7.48. The number of halogens is 2. The molecule has 7 nitrogen and oxygen atoms in total. The molecule has 0 bridgehead atoms. The minimum absolute atomic E-state index is 0.180. The minimum atomic E-state index is -0.800. The number of amidine groups is 1. The summed E-state index contributed by atoms with van der Waals surface area (Å²) in [4.78, 5) is 30.6. The zero-order chi connectivity index (χ0) is 26.0. The number of allylic oxidation sites excluding steroid dienone is 1. The van der Waals surface area contributed by atoms with Crippen LogP contribution in [-0.2, 0) is 19.1 Å². The number of benzene rings is 1. The van der Waals surface area contributed by atoms with Crippen LogP contribution in [-0.4, -0.2) is 54.1 Å². The van der Waals surface area contributed by atoms with Gasteiger partial charge in [0.05, 0.1) is 46.9 Å². The predicted octanol–water partition coefficient (Wildman–Crippen LogP) is 5.14. The van der Waals surface area contributed by atoms with E-state index in [0.29, 0.717) is 56.3 Å². The van der Waals surface area contributed by atoms with E-state index in [0.717, 1.165) is 5.75 Å². The van der Waals surface area contributed by atoms with Crippen molar-refractivity contribution in [3.05, 3.63) is 56.3 Å². The summed E-state index contributed by atoms with van der Waals surface area (Å²) in [5.41, 5.74) is 8.20. The normalized spacial score (nSPS) is 16.3. The van der Waals surface area contributed by atoms with E-state index in [9.17, 15) is 9.59 Å². The molecule has 11 heteroatoms. The van der Waals surface area contributed by atoms with E-state index in [1.54, 1.807) is 50.7 Å². The molecule has 0 saturated heterocycles. The van der Waals surface area contributed by atoms with Gasteiger partial charge in [-0.1, -0.05) is 54.0 Å². The standard InChI is InChI=1S/C24H31Cl2N3O4S2/c1-5-32-22(30)18-14(4)29-17(13-34-12-11-28-24(27)35-7-3)20(23(31)33-6-2)19(18)15-9-8-10-16(25)21(15)26/h8-10,19,29H,5-7,11-13H2,1-4H3,(H2,27,28). The van der Waals surface area contributed by atoms with Crippen LogP contribution in [0.1, 0.15) is 39.2 Å². The maximum atomic E-state index is 13.2. The summed E-state index contributed by atoms with van der Waals surface area (Å²) in [7, 11) is 0. The molecule has 0 aromatic heterocycles. The fourth-order valence-corrected chi connectivity index (χ4v) is 5.27. The Morgan fingerprint density at radius 1 is 1.11 bits per heavy atom. The molecule has 0 saturated carbocycles. The summed E-state index contributed by atoms with van der Waals surface area (Å²) in [6, 6.07) is 5.14. The Morgan fingerprint density at radius 3 is 2.40 bits per heavy atom. The monoisotopic (exact) mass is 559 g/mol. The molecule has 192 valence electrons. The number of thioether (sulfide) groups is 2. The molecule has 1 aromatic carbocycles. The molecular weight excluding hydrogens is 529 g/mol. The van der Waals surface area contributed by atoms with Crippen molar-refractivity contribution in [3.8, 4) is 0 Å². The lowest BCUT2D eigenvalue weighted by Gasteiger charge is -2.32. The lowest BCUT2D eigenvalue weighted by Crippen LogP contribution is -2.34. The van der Waals surface area contributed by atoms with Gasteiger partial charge < -0.3 is 20.5 Å². The molecule has 0 spiro atoms. The quantitative estimate of drug-likeness (QED) is 0.166. The summed E-state index contributed by atoms with van der Waals surface area (Å²) in [5, 5.41) is 4.39. The summed E-state index contributed by atoms with van der Waals surface area (Å²) in [5.74, 6) is 0.155. The van der Waals surface area contributed by atoms with Gasteiger partial charge in [0, 0.05) is 22.9 Å². The second-order valence-corrected chi connectivity index (χ2v) is 10.5. The first-order valence-corrected chi connectivity index (χ1v) is 14.2. The van der Waals surface area contributed by atoms with Crippen molar-refractivity contribution in [1.82, 2.24) is 5.32 Å². The Balaban J connectivity index is 2.51. The number of nitrogens with two attached hydrogens (primary N) is 1. The molecule has 0 aliphatic carbocycles. The van der Waals surface area contributed by atoms with Gasteiger partial charge in [0.25, 0.3) is 0 Å². The molecule has 3 N–H and O–H groups in total. The van der Waals surface area contributed by atoms with E-state index in [-0.39, 0.29) is 18.2 Å². The summed E-state index contributed by atoms with van der Waals surface area (Å²) >= 11 is 16.0. The molecule has 1 atom stereocenters. The van der Waals surface area contributed by atoms with Crippen LogP contribution in [0.15, 0.2) is 45.7 Å². The van der Waals surface area contributed by atoms with E-state index in [2.05, 4.69) is 10.3 Å². The highest BCUT2D eigenvalue weighted by Gasteiger charge is 2.40. The first-order valence-electron chi connectivity index (χ1n) is 11.3. The van der Waals surface area contributed by atoms with Gasteiger partial charge in [-0.15, -0.1) is 0 Å². The molecule has 0 fully saturated rings. The predicted molar refractivity (Wildman–Crippen MR) is 147 cm³/mol. The number of nitrogens with zero attached hydrogens (tertiary/aromatic N) is 1. The van der Waals surface area contributed by atoms with Gasteiger partial charge in [0.2, 0.25) is 0 Å². The second-order valence-electron chi connectivity index (χ2n) is 7.28. The summed E-state index contributed by atoms with van der Waals surface area (Å²) < 4.78 is 10.7. The van der Waals surface area contributed by atoms with Crippen LogP contribution in [0.2, 0.25) is 10.0 Å². The van der Waals surface area contributed by atoms with E-state index in [4.69, 9.17) is 38.4 Å². The number of dihydropyridines is 1. The molecule has 1 unspecified atom stereocenters. The van der Waals surface area contributed by atoms with Gasteiger partial charge in [0.1, 0.15) is 0 Å². The average molecular weight is 561 g/mol. The van der Waals surface area contributed by atoms with Crippen LogP contribution in [0.3, 0.4) is 0 Å². The van der Waals surface area contributed by atoms with Crippen LogP contribution in [0.4, 0.5) is 0 Å². The zero-order valence-electron chi connectivity index (χ0n) is 20.3. The van der Waals surface area contributed by atoms with Crippen LogP contribution in [0, 0.1) is 0 Å². The Kier molecular flexibility index (Phi) is 12.3. The number of rotatable bonds is 11. The van der Waals surface area contributed by atoms with Gasteiger partial charge in [-0.05, 0) is 38.2 Å². The van der Waals surface area contributed by atoms with Crippen molar-refractivity contribution in [2.24, 2.45) is 10.7 Å². The highest BCUT2D eigenvalue weighted by molar-refractivity contribution is 8.13. The number of carbonyl (C=O) groups is 2.